The maximum atomic E-state index is 2.43. The van der Waals surface area contributed by atoms with Gasteiger partial charge >= 0.3 is 0 Å². The molecule has 0 radical (unpaired) electrons. The van der Waals surface area contributed by atoms with Gasteiger partial charge in [-0.05, 0) is 100 Å². The Hall–Kier alpha value is -7.20. The average molecular weight is 745 g/mol. The first kappa shape index (κ1) is 33.2. The van der Waals surface area contributed by atoms with Crippen LogP contribution in [-0.4, -0.2) is 4.57 Å². The van der Waals surface area contributed by atoms with Crippen LogP contribution in [-0.2, 0) is 0 Å². The molecular weight excluding hydrogens is 709 g/mol. The van der Waals surface area contributed by atoms with Gasteiger partial charge < -0.3 is 9.47 Å². The SMILES string of the molecule is c1ccc(-c2cccc(-c3cccc(N(c4ccccc4)c4ccc(-c5ccc(-n6c7ccccc7c7ccccc76)cc5)c5sc6ccccc6c45)c3)c2)cc1. The van der Waals surface area contributed by atoms with Crippen LogP contribution in [0.4, 0.5) is 17.1 Å². The fourth-order valence-corrected chi connectivity index (χ4v) is 9.81. The van der Waals surface area contributed by atoms with Gasteiger partial charge in [0.1, 0.15) is 0 Å². The van der Waals surface area contributed by atoms with Gasteiger partial charge in [0.05, 0.1) is 16.7 Å². The van der Waals surface area contributed by atoms with Gasteiger partial charge in [-0.3, -0.25) is 0 Å². The number of benzene rings is 9. The second-order valence-corrected chi connectivity index (χ2v) is 15.6. The number of anilines is 3. The molecule has 0 aliphatic heterocycles. The van der Waals surface area contributed by atoms with E-state index in [-0.39, 0.29) is 0 Å². The second-order valence-electron chi connectivity index (χ2n) is 14.5. The lowest BCUT2D eigenvalue weighted by molar-refractivity contribution is 1.18. The summed E-state index contributed by atoms with van der Waals surface area (Å²) in [7, 11) is 0. The van der Waals surface area contributed by atoms with Crippen LogP contribution in [0.1, 0.15) is 0 Å². The molecule has 0 saturated carbocycles. The van der Waals surface area contributed by atoms with E-state index in [9.17, 15) is 0 Å². The average Bonchev–Trinajstić information content (AvgIpc) is 3.84. The first-order valence-electron chi connectivity index (χ1n) is 19.4. The molecule has 268 valence electrons. The third-order valence-corrected chi connectivity index (χ3v) is 12.4. The van der Waals surface area contributed by atoms with Crippen molar-refractivity contribution in [2.75, 3.05) is 4.90 Å². The zero-order valence-corrected chi connectivity index (χ0v) is 31.9. The molecule has 0 atom stereocenters. The van der Waals surface area contributed by atoms with Crippen molar-refractivity contribution >= 4 is 70.4 Å². The molecule has 0 aliphatic rings. The fourth-order valence-electron chi connectivity index (χ4n) is 8.55. The molecule has 0 unspecified atom stereocenters. The normalized spacial score (nSPS) is 11.5. The van der Waals surface area contributed by atoms with E-state index in [2.05, 4.69) is 228 Å². The first-order chi connectivity index (χ1) is 28.3. The molecule has 0 N–H and O–H groups in total. The number of para-hydroxylation sites is 3. The lowest BCUT2D eigenvalue weighted by atomic mass is 9.98. The highest BCUT2D eigenvalue weighted by Crippen LogP contribution is 2.48. The quantitative estimate of drug-likeness (QED) is 0.158. The van der Waals surface area contributed by atoms with Gasteiger partial charge in [0.2, 0.25) is 0 Å². The lowest BCUT2D eigenvalue weighted by Gasteiger charge is -2.27. The van der Waals surface area contributed by atoms with E-state index in [1.54, 1.807) is 0 Å². The largest absolute Gasteiger partial charge is 0.310 e. The number of thiophene rings is 1. The molecule has 2 nitrogen and oxygen atoms in total. The van der Waals surface area contributed by atoms with Crippen LogP contribution in [0.2, 0.25) is 0 Å². The minimum atomic E-state index is 1.11. The molecule has 11 aromatic rings. The van der Waals surface area contributed by atoms with Crippen molar-refractivity contribution in [3.63, 3.8) is 0 Å². The molecule has 0 fully saturated rings. The Labute approximate surface area is 335 Å². The number of hydrogen-bond acceptors (Lipinski definition) is 2. The fraction of sp³-hybridized carbons (Fsp3) is 0. The van der Waals surface area contributed by atoms with Crippen LogP contribution < -0.4 is 4.90 Å². The Morgan fingerprint density at radius 1 is 0.368 bits per heavy atom. The van der Waals surface area contributed by atoms with Crippen molar-refractivity contribution < 1.29 is 0 Å². The van der Waals surface area contributed by atoms with E-state index >= 15 is 0 Å². The standard InChI is InChI=1S/C54H36N2S/c1-3-15-37(16-4-1)39-17-13-18-40(35-39)41-19-14-22-44(36-41)55(42-20-5-2-6-21-42)51-34-33-45(54-53(51)48-25-9-12-28-52(48)57-54)38-29-31-43(32-30-38)56-49-26-10-7-23-46(49)47-24-8-11-27-50(47)56/h1-36H. The van der Waals surface area contributed by atoms with Crippen molar-refractivity contribution in [2.24, 2.45) is 0 Å². The maximum absolute atomic E-state index is 2.43. The van der Waals surface area contributed by atoms with E-state index in [1.165, 1.54) is 75.4 Å². The zero-order chi connectivity index (χ0) is 37.7. The third kappa shape index (κ3) is 5.71. The van der Waals surface area contributed by atoms with Crippen LogP contribution in [0.5, 0.6) is 0 Å². The van der Waals surface area contributed by atoms with Gasteiger partial charge in [-0.2, -0.15) is 0 Å². The van der Waals surface area contributed by atoms with E-state index in [1.807, 2.05) is 11.3 Å². The Morgan fingerprint density at radius 3 is 1.63 bits per heavy atom. The molecule has 0 bridgehead atoms. The number of rotatable bonds is 7. The highest BCUT2D eigenvalue weighted by Gasteiger charge is 2.21. The van der Waals surface area contributed by atoms with Crippen LogP contribution >= 0.6 is 11.3 Å². The molecule has 0 spiro atoms. The molecular formula is C54H36N2S. The number of aromatic nitrogens is 1. The van der Waals surface area contributed by atoms with Crippen molar-refractivity contribution in [1.29, 1.82) is 0 Å². The van der Waals surface area contributed by atoms with Gasteiger partial charge in [-0.25, -0.2) is 0 Å². The summed E-state index contributed by atoms with van der Waals surface area (Å²) >= 11 is 1.88. The zero-order valence-electron chi connectivity index (χ0n) is 31.1. The highest BCUT2D eigenvalue weighted by molar-refractivity contribution is 7.26. The summed E-state index contributed by atoms with van der Waals surface area (Å²) in [5.74, 6) is 0. The number of fused-ring (bicyclic) bond motifs is 6. The van der Waals surface area contributed by atoms with Gasteiger partial charge in [0.25, 0.3) is 0 Å². The Kier molecular flexibility index (Phi) is 8.04. The van der Waals surface area contributed by atoms with Gasteiger partial charge in [-0.1, -0.05) is 152 Å². The smallest absolute Gasteiger partial charge is 0.0555 e. The van der Waals surface area contributed by atoms with Crippen molar-refractivity contribution in [1.82, 2.24) is 4.57 Å². The summed E-state index contributed by atoms with van der Waals surface area (Å²) in [4.78, 5) is 2.43. The van der Waals surface area contributed by atoms with Crippen LogP contribution in [0.3, 0.4) is 0 Å². The molecule has 2 aromatic heterocycles. The molecule has 11 rings (SSSR count). The second kappa shape index (κ2) is 13.8. The Morgan fingerprint density at radius 2 is 0.912 bits per heavy atom. The molecule has 0 aliphatic carbocycles. The Balaban J connectivity index is 1.06. The van der Waals surface area contributed by atoms with E-state index in [0.29, 0.717) is 0 Å². The molecule has 0 amide bonds. The topological polar surface area (TPSA) is 8.17 Å². The minimum Gasteiger partial charge on any atom is -0.310 e. The molecule has 2 heterocycles. The summed E-state index contributed by atoms with van der Waals surface area (Å²) in [6.45, 7) is 0. The predicted molar refractivity (Wildman–Crippen MR) is 245 cm³/mol. The number of hydrogen-bond donors (Lipinski definition) is 0. The van der Waals surface area contributed by atoms with Gasteiger partial charge in [-0.15, -0.1) is 11.3 Å². The first-order valence-corrected chi connectivity index (χ1v) is 20.2. The summed E-state index contributed by atoms with van der Waals surface area (Å²) in [6, 6.07) is 79.3. The lowest BCUT2D eigenvalue weighted by Crippen LogP contribution is -2.10. The van der Waals surface area contributed by atoms with E-state index in [4.69, 9.17) is 0 Å². The minimum absolute atomic E-state index is 1.11. The molecule has 0 saturated heterocycles. The van der Waals surface area contributed by atoms with Crippen LogP contribution in [0, 0.1) is 0 Å². The van der Waals surface area contributed by atoms with E-state index < -0.39 is 0 Å². The van der Waals surface area contributed by atoms with Gasteiger partial charge in [0, 0.05) is 48.0 Å². The highest BCUT2D eigenvalue weighted by atomic mass is 32.1. The summed E-state index contributed by atoms with van der Waals surface area (Å²) in [6.07, 6.45) is 0. The van der Waals surface area contributed by atoms with E-state index in [0.717, 1.165) is 22.7 Å². The van der Waals surface area contributed by atoms with Crippen molar-refractivity contribution in [3.8, 4) is 39.1 Å². The van der Waals surface area contributed by atoms with Crippen LogP contribution in [0.15, 0.2) is 218 Å². The monoisotopic (exact) mass is 744 g/mol. The molecule has 57 heavy (non-hydrogen) atoms. The Bertz CT molecular complexity index is 3180. The summed E-state index contributed by atoms with van der Waals surface area (Å²) in [5, 5.41) is 5.08. The van der Waals surface area contributed by atoms with Gasteiger partial charge in [0.15, 0.2) is 0 Å². The number of nitrogens with zero attached hydrogens (tertiary/aromatic N) is 2. The summed E-state index contributed by atoms with van der Waals surface area (Å²) in [5.41, 5.74) is 14.2. The predicted octanol–water partition coefficient (Wildman–Crippen LogP) is 15.6. The maximum Gasteiger partial charge on any atom is 0.0555 e. The van der Waals surface area contributed by atoms with Crippen molar-refractivity contribution in [3.05, 3.63) is 218 Å². The third-order valence-electron chi connectivity index (χ3n) is 11.2. The summed E-state index contributed by atoms with van der Waals surface area (Å²) < 4.78 is 4.95. The van der Waals surface area contributed by atoms with Crippen molar-refractivity contribution in [2.45, 2.75) is 0 Å². The van der Waals surface area contributed by atoms with Crippen LogP contribution in [0.25, 0.3) is 81.0 Å². The molecule has 9 aromatic carbocycles. The molecule has 3 heteroatoms.